The van der Waals surface area contributed by atoms with Gasteiger partial charge in [0.15, 0.2) is 5.16 Å². The molecule has 2 N–H and O–H groups in total. The Hall–Kier alpha value is -1.75. The molecule has 0 saturated heterocycles. The average molecular weight is 247 g/mol. The second-order valence-corrected chi connectivity index (χ2v) is 4.63. The van der Waals surface area contributed by atoms with Crippen molar-refractivity contribution in [1.29, 1.82) is 0 Å². The lowest BCUT2D eigenvalue weighted by Gasteiger charge is -2.05. The first-order valence-electron chi connectivity index (χ1n) is 5.08. The molecule has 0 unspecified atom stereocenters. The Bertz CT molecular complexity index is 514. The van der Waals surface area contributed by atoms with Crippen LogP contribution in [0.4, 0.5) is 5.69 Å². The molecular formula is C12H13N3OS. The third-order valence-corrected chi connectivity index (χ3v) is 2.97. The maximum Gasteiger partial charge on any atom is 0.192 e. The molecule has 0 aliphatic carbocycles. The Balaban J connectivity index is 2.23. The molecule has 0 atom stereocenters. The second kappa shape index (κ2) is 5.05. The molecule has 4 nitrogen and oxygen atoms in total. The van der Waals surface area contributed by atoms with Crippen LogP contribution in [-0.2, 0) is 0 Å². The maximum absolute atomic E-state index is 5.78. The van der Waals surface area contributed by atoms with Crippen LogP contribution in [0.25, 0.3) is 0 Å². The van der Waals surface area contributed by atoms with Crippen LogP contribution in [0.5, 0.6) is 5.75 Å². The van der Waals surface area contributed by atoms with Gasteiger partial charge in [0.25, 0.3) is 0 Å². The molecule has 1 aromatic heterocycles. The number of rotatable bonds is 3. The van der Waals surface area contributed by atoms with E-state index < -0.39 is 0 Å². The van der Waals surface area contributed by atoms with Gasteiger partial charge in [0.2, 0.25) is 0 Å². The van der Waals surface area contributed by atoms with Crippen molar-refractivity contribution in [2.24, 2.45) is 0 Å². The quantitative estimate of drug-likeness (QED) is 0.667. The summed E-state index contributed by atoms with van der Waals surface area (Å²) in [6.07, 6.45) is 3.58. The smallest absolute Gasteiger partial charge is 0.192 e. The summed E-state index contributed by atoms with van der Waals surface area (Å²) >= 11 is 1.46. The number of aryl methyl sites for hydroxylation is 1. The third-order valence-electron chi connectivity index (χ3n) is 2.10. The number of aromatic nitrogens is 2. The van der Waals surface area contributed by atoms with Gasteiger partial charge < -0.3 is 10.5 Å². The zero-order valence-corrected chi connectivity index (χ0v) is 10.5. The van der Waals surface area contributed by atoms with Crippen molar-refractivity contribution in [2.45, 2.75) is 17.0 Å². The molecular weight excluding hydrogens is 234 g/mol. The van der Waals surface area contributed by atoms with E-state index in [1.54, 1.807) is 25.6 Å². The summed E-state index contributed by atoms with van der Waals surface area (Å²) in [5.74, 6) is 0.736. The molecule has 1 aromatic carbocycles. The van der Waals surface area contributed by atoms with E-state index in [1.165, 1.54) is 11.8 Å². The average Bonchev–Trinajstić information content (AvgIpc) is 2.31. The Morgan fingerprint density at radius 1 is 1.18 bits per heavy atom. The zero-order valence-electron chi connectivity index (χ0n) is 9.68. The summed E-state index contributed by atoms with van der Waals surface area (Å²) in [6.45, 7) is 1.96. The minimum Gasteiger partial charge on any atom is -0.497 e. The summed E-state index contributed by atoms with van der Waals surface area (Å²) in [5.41, 5.74) is 7.49. The minimum atomic E-state index is 0.666. The van der Waals surface area contributed by atoms with E-state index in [0.29, 0.717) is 10.8 Å². The highest BCUT2D eigenvalue weighted by atomic mass is 32.2. The number of nitrogen functional groups attached to an aromatic ring is 1. The third kappa shape index (κ3) is 3.10. The van der Waals surface area contributed by atoms with Crippen LogP contribution >= 0.6 is 11.8 Å². The lowest BCUT2D eigenvalue weighted by Crippen LogP contribution is -1.90. The van der Waals surface area contributed by atoms with Gasteiger partial charge in [0.05, 0.1) is 7.11 Å². The molecule has 0 amide bonds. The van der Waals surface area contributed by atoms with E-state index >= 15 is 0 Å². The molecule has 0 aliphatic heterocycles. The minimum absolute atomic E-state index is 0.666. The Labute approximate surface area is 104 Å². The standard InChI is InChI=1S/C12H13N3OS/c1-8-6-14-12(15-7-8)17-11-4-9(13)3-10(5-11)16-2/h3-7H,13H2,1-2H3. The van der Waals surface area contributed by atoms with Crippen LogP contribution < -0.4 is 10.5 Å². The molecule has 88 valence electrons. The number of hydrogen-bond donors (Lipinski definition) is 1. The number of nitrogens with two attached hydrogens (primary N) is 1. The number of nitrogens with zero attached hydrogens (tertiary/aromatic N) is 2. The first kappa shape index (κ1) is 11.7. The predicted molar refractivity (Wildman–Crippen MR) is 68.3 cm³/mol. The first-order chi connectivity index (χ1) is 8.17. The van der Waals surface area contributed by atoms with Crippen molar-refractivity contribution >= 4 is 17.4 Å². The van der Waals surface area contributed by atoms with Gasteiger partial charge in [-0.25, -0.2) is 9.97 Å². The highest BCUT2D eigenvalue weighted by Gasteiger charge is 2.03. The molecule has 5 heteroatoms. The summed E-state index contributed by atoms with van der Waals surface area (Å²) in [4.78, 5) is 9.42. The molecule has 0 bridgehead atoms. The van der Waals surface area contributed by atoms with Gasteiger partial charge >= 0.3 is 0 Å². The molecule has 0 radical (unpaired) electrons. The van der Waals surface area contributed by atoms with E-state index in [0.717, 1.165) is 16.2 Å². The monoisotopic (exact) mass is 247 g/mol. The largest absolute Gasteiger partial charge is 0.497 e. The van der Waals surface area contributed by atoms with Gasteiger partial charge in [0.1, 0.15) is 5.75 Å². The normalized spacial score (nSPS) is 10.2. The van der Waals surface area contributed by atoms with Crippen LogP contribution in [0.2, 0.25) is 0 Å². The van der Waals surface area contributed by atoms with Crippen molar-refractivity contribution in [2.75, 3.05) is 12.8 Å². The van der Waals surface area contributed by atoms with Crippen LogP contribution in [0, 0.1) is 6.92 Å². The molecule has 2 aromatic rings. The zero-order chi connectivity index (χ0) is 12.3. The fourth-order valence-corrected chi connectivity index (χ4v) is 2.10. The molecule has 17 heavy (non-hydrogen) atoms. The Kier molecular flexibility index (Phi) is 3.49. The van der Waals surface area contributed by atoms with E-state index in [1.807, 2.05) is 19.1 Å². The molecule has 2 rings (SSSR count). The SMILES string of the molecule is COc1cc(N)cc(Sc2ncc(C)cn2)c1. The van der Waals surface area contributed by atoms with E-state index in [9.17, 15) is 0 Å². The van der Waals surface area contributed by atoms with Gasteiger partial charge in [-0.2, -0.15) is 0 Å². The number of benzene rings is 1. The van der Waals surface area contributed by atoms with Crippen LogP contribution in [0.15, 0.2) is 40.6 Å². The van der Waals surface area contributed by atoms with Gasteiger partial charge in [0, 0.05) is 29.0 Å². The molecule has 0 aliphatic rings. The topological polar surface area (TPSA) is 61.0 Å². The second-order valence-electron chi connectivity index (χ2n) is 3.59. The highest BCUT2D eigenvalue weighted by Crippen LogP contribution is 2.29. The van der Waals surface area contributed by atoms with Crippen molar-refractivity contribution in [3.05, 3.63) is 36.2 Å². The number of ether oxygens (including phenoxy) is 1. The van der Waals surface area contributed by atoms with Crippen LogP contribution in [0.3, 0.4) is 0 Å². The summed E-state index contributed by atoms with van der Waals surface area (Å²) in [5, 5.41) is 0.697. The summed E-state index contributed by atoms with van der Waals surface area (Å²) in [6, 6.07) is 5.56. The van der Waals surface area contributed by atoms with E-state index in [4.69, 9.17) is 10.5 Å². The fraction of sp³-hybridized carbons (Fsp3) is 0.167. The van der Waals surface area contributed by atoms with E-state index in [2.05, 4.69) is 9.97 Å². The molecule has 1 heterocycles. The van der Waals surface area contributed by atoms with Crippen molar-refractivity contribution in [3.8, 4) is 5.75 Å². The number of anilines is 1. The maximum atomic E-state index is 5.78. The molecule has 0 fully saturated rings. The van der Waals surface area contributed by atoms with Crippen LogP contribution in [-0.4, -0.2) is 17.1 Å². The van der Waals surface area contributed by atoms with Gasteiger partial charge in [-0.3, -0.25) is 0 Å². The fourth-order valence-electron chi connectivity index (χ4n) is 1.31. The number of methoxy groups -OCH3 is 1. The summed E-state index contributed by atoms with van der Waals surface area (Å²) < 4.78 is 5.16. The van der Waals surface area contributed by atoms with Crippen molar-refractivity contribution < 1.29 is 4.74 Å². The highest BCUT2D eigenvalue weighted by molar-refractivity contribution is 7.99. The Morgan fingerprint density at radius 2 is 1.88 bits per heavy atom. The van der Waals surface area contributed by atoms with E-state index in [-0.39, 0.29) is 0 Å². The van der Waals surface area contributed by atoms with Gasteiger partial charge in [-0.05, 0) is 36.4 Å². The predicted octanol–water partition coefficient (Wildman–Crippen LogP) is 2.53. The lowest BCUT2D eigenvalue weighted by atomic mass is 10.3. The van der Waals surface area contributed by atoms with Crippen LogP contribution in [0.1, 0.15) is 5.56 Å². The lowest BCUT2D eigenvalue weighted by molar-refractivity contribution is 0.414. The Morgan fingerprint density at radius 3 is 2.53 bits per heavy atom. The molecule has 0 spiro atoms. The number of hydrogen-bond acceptors (Lipinski definition) is 5. The summed E-state index contributed by atoms with van der Waals surface area (Å²) in [7, 11) is 1.62. The molecule has 0 saturated carbocycles. The van der Waals surface area contributed by atoms with Gasteiger partial charge in [-0.15, -0.1) is 0 Å². The van der Waals surface area contributed by atoms with Gasteiger partial charge in [-0.1, -0.05) is 0 Å². The van der Waals surface area contributed by atoms with Crippen molar-refractivity contribution in [1.82, 2.24) is 9.97 Å². The first-order valence-corrected chi connectivity index (χ1v) is 5.90. The van der Waals surface area contributed by atoms with Crippen molar-refractivity contribution in [3.63, 3.8) is 0 Å².